The van der Waals surface area contributed by atoms with Crippen molar-refractivity contribution in [2.45, 2.75) is 51.9 Å². The third-order valence-electron chi connectivity index (χ3n) is 2.82. The lowest BCUT2D eigenvalue weighted by atomic mass is 10.1. The van der Waals surface area contributed by atoms with E-state index in [1.807, 2.05) is 6.92 Å². The molecule has 1 heterocycles. The highest BCUT2D eigenvalue weighted by Gasteiger charge is 2.21. The van der Waals surface area contributed by atoms with E-state index in [4.69, 9.17) is 14.2 Å². The lowest BCUT2D eigenvalue weighted by Gasteiger charge is -2.26. The fraction of sp³-hybridized carbons (Fsp3) is 0.846. The van der Waals surface area contributed by atoms with E-state index >= 15 is 0 Å². The number of carbonyl (C=O) groups is 2. The summed E-state index contributed by atoms with van der Waals surface area (Å²) in [7, 11) is 0. The van der Waals surface area contributed by atoms with Crippen LogP contribution >= 0.6 is 0 Å². The van der Waals surface area contributed by atoms with Crippen LogP contribution in [0.3, 0.4) is 0 Å². The molecule has 1 rings (SSSR count). The van der Waals surface area contributed by atoms with Gasteiger partial charge in [-0.15, -0.1) is 0 Å². The molecular formula is C13H22O5. The van der Waals surface area contributed by atoms with Crippen LogP contribution < -0.4 is 0 Å². The van der Waals surface area contributed by atoms with Crippen LogP contribution in [0.2, 0.25) is 0 Å². The molecule has 0 N–H and O–H groups in total. The second-order valence-corrected chi connectivity index (χ2v) is 4.75. The van der Waals surface area contributed by atoms with Gasteiger partial charge in [-0.25, -0.2) is 0 Å². The highest BCUT2D eigenvalue weighted by Crippen LogP contribution is 2.18. The summed E-state index contributed by atoms with van der Waals surface area (Å²) >= 11 is 0. The Balaban J connectivity index is 2.26. The van der Waals surface area contributed by atoms with Crippen LogP contribution in [-0.2, 0) is 23.8 Å². The molecule has 104 valence electrons. The zero-order chi connectivity index (χ0) is 13.4. The summed E-state index contributed by atoms with van der Waals surface area (Å²) in [6.45, 7) is 4.30. The molecule has 1 unspecified atom stereocenters. The van der Waals surface area contributed by atoms with Crippen LogP contribution in [-0.4, -0.2) is 37.9 Å². The highest BCUT2D eigenvalue weighted by atomic mass is 16.7. The van der Waals surface area contributed by atoms with Crippen molar-refractivity contribution in [2.75, 3.05) is 13.2 Å². The maximum atomic E-state index is 11.0. The summed E-state index contributed by atoms with van der Waals surface area (Å²) in [6.07, 6.45) is 3.53. The molecule has 1 fully saturated rings. The minimum Gasteiger partial charge on any atom is -0.466 e. The first-order valence-electron chi connectivity index (χ1n) is 6.47. The quantitative estimate of drug-likeness (QED) is 0.513. The molecule has 0 radical (unpaired) electrons. The molecule has 5 nitrogen and oxygen atoms in total. The molecule has 0 bridgehead atoms. The number of hydrogen-bond donors (Lipinski definition) is 0. The monoisotopic (exact) mass is 258 g/mol. The molecule has 0 aromatic carbocycles. The maximum absolute atomic E-state index is 11.0. The summed E-state index contributed by atoms with van der Waals surface area (Å²) in [4.78, 5) is 21.6. The molecule has 3 atom stereocenters. The van der Waals surface area contributed by atoms with Crippen LogP contribution in [0.25, 0.3) is 0 Å². The Hall–Kier alpha value is -0.940. The second-order valence-electron chi connectivity index (χ2n) is 4.75. The van der Waals surface area contributed by atoms with Gasteiger partial charge in [0.25, 0.3) is 0 Å². The van der Waals surface area contributed by atoms with Gasteiger partial charge in [0, 0.05) is 13.5 Å². The van der Waals surface area contributed by atoms with E-state index in [1.54, 1.807) is 0 Å². The summed E-state index contributed by atoms with van der Waals surface area (Å²) in [5.74, 6) is -0.214. The fourth-order valence-corrected chi connectivity index (χ4v) is 1.88. The third kappa shape index (κ3) is 6.12. The Labute approximate surface area is 108 Å². The van der Waals surface area contributed by atoms with Gasteiger partial charge >= 0.3 is 5.97 Å². The Morgan fingerprint density at radius 1 is 1.50 bits per heavy atom. The molecule has 1 aliphatic rings. The molecule has 0 aromatic heterocycles. The number of ether oxygens (including phenoxy) is 3. The lowest BCUT2D eigenvalue weighted by Crippen LogP contribution is -2.30. The minimum atomic E-state index is -0.487. The zero-order valence-corrected chi connectivity index (χ0v) is 11.1. The standard InChI is InChI=1S/C13H22O5/c1-10(9-17-11(2)15)7-12(8-14)18-13-5-3-4-6-16-13/h8,10,12-13H,3-7,9H2,1-2H3/t10-,12+,13?/m0/s1. The first-order valence-corrected chi connectivity index (χ1v) is 6.47. The predicted molar refractivity (Wildman–Crippen MR) is 64.9 cm³/mol. The minimum absolute atomic E-state index is 0.0905. The highest BCUT2D eigenvalue weighted by molar-refractivity contribution is 5.65. The normalized spacial score (nSPS) is 23.1. The van der Waals surface area contributed by atoms with Gasteiger partial charge in [-0.2, -0.15) is 0 Å². The van der Waals surface area contributed by atoms with Crippen molar-refractivity contribution in [1.29, 1.82) is 0 Å². The molecule has 0 aliphatic carbocycles. The average molecular weight is 258 g/mol. The van der Waals surface area contributed by atoms with Gasteiger partial charge in [0.05, 0.1) is 6.61 Å². The van der Waals surface area contributed by atoms with E-state index in [2.05, 4.69) is 0 Å². The van der Waals surface area contributed by atoms with E-state index in [9.17, 15) is 9.59 Å². The largest absolute Gasteiger partial charge is 0.466 e. The molecule has 1 aliphatic heterocycles. The molecular weight excluding hydrogens is 236 g/mol. The number of esters is 1. The molecule has 0 spiro atoms. The van der Waals surface area contributed by atoms with Crippen molar-refractivity contribution in [3.63, 3.8) is 0 Å². The lowest BCUT2D eigenvalue weighted by molar-refractivity contribution is -0.189. The van der Waals surface area contributed by atoms with Crippen LogP contribution in [0.4, 0.5) is 0 Å². The Morgan fingerprint density at radius 2 is 2.28 bits per heavy atom. The van der Waals surface area contributed by atoms with Crippen molar-refractivity contribution < 1.29 is 23.8 Å². The Kier molecular flexibility index (Phi) is 6.90. The Bertz CT molecular complexity index is 260. The van der Waals surface area contributed by atoms with E-state index in [0.29, 0.717) is 19.6 Å². The predicted octanol–water partition coefficient (Wildman–Crippen LogP) is 1.69. The van der Waals surface area contributed by atoms with Crippen LogP contribution in [0.5, 0.6) is 0 Å². The summed E-state index contributed by atoms with van der Waals surface area (Å²) in [5.41, 5.74) is 0. The third-order valence-corrected chi connectivity index (χ3v) is 2.82. The average Bonchev–Trinajstić information content (AvgIpc) is 2.37. The van der Waals surface area contributed by atoms with Gasteiger partial charge < -0.3 is 19.0 Å². The van der Waals surface area contributed by atoms with E-state index in [1.165, 1.54) is 6.92 Å². The van der Waals surface area contributed by atoms with Crippen molar-refractivity contribution in [3.8, 4) is 0 Å². The number of rotatable bonds is 7. The van der Waals surface area contributed by atoms with Gasteiger partial charge in [-0.3, -0.25) is 4.79 Å². The van der Waals surface area contributed by atoms with Gasteiger partial charge in [-0.05, 0) is 31.6 Å². The van der Waals surface area contributed by atoms with Crippen LogP contribution in [0.1, 0.15) is 39.5 Å². The second kappa shape index (κ2) is 8.21. The summed E-state index contributed by atoms with van der Waals surface area (Å²) < 4.78 is 15.9. The zero-order valence-electron chi connectivity index (χ0n) is 11.1. The van der Waals surface area contributed by atoms with E-state index in [-0.39, 0.29) is 18.2 Å². The molecule has 0 aromatic rings. The smallest absolute Gasteiger partial charge is 0.302 e. The molecule has 0 amide bonds. The Morgan fingerprint density at radius 3 is 2.83 bits per heavy atom. The number of carbonyl (C=O) groups excluding carboxylic acids is 2. The van der Waals surface area contributed by atoms with Crippen LogP contribution in [0.15, 0.2) is 0 Å². The van der Waals surface area contributed by atoms with Gasteiger partial charge in [-0.1, -0.05) is 6.92 Å². The molecule has 5 heteroatoms. The van der Waals surface area contributed by atoms with Gasteiger partial charge in [0.1, 0.15) is 12.4 Å². The van der Waals surface area contributed by atoms with Crippen LogP contribution in [0, 0.1) is 5.92 Å². The van der Waals surface area contributed by atoms with E-state index < -0.39 is 6.10 Å². The number of hydrogen-bond acceptors (Lipinski definition) is 5. The van der Waals surface area contributed by atoms with Crippen molar-refractivity contribution in [2.24, 2.45) is 5.92 Å². The van der Waals surface area contributed by atoms with E-state index in [0.717, 1.165) is 25.5 Å². The molecule has 1 saturated heterocycles. The molecule has 0 saturated carbocycles. The van der Waals surface area contributed by atoms with Gasteiger partial charge in [0.15, 0.2) is 6.29 Å². The number of aldehydes is 1. The van der Waals surface area contributed by atoms with Gasteiger partial charge in [0.2, 0.25) is 0 Å². The first-order chi connectivity index (χ1) is 8.61. The van der Waals surface area contributed by atoms with Crippen molar-refractivity contribution >= 4 is 12.3 Å². The van der Waals surface area contributed by atoms with Crippen molar-refractivity contribution in [1.82, 2.24) is 0 Å². The van der Waals surface area contributed by atoms with Crippen molar-refractivity contribution in [3.05, 3.63) is 0 Å². The molecule has 18 heavy (non-hydrogen) atoms. The SMILES string of the molecule is CC(=O)OC[C@@H](C)C[C@H](C=O)OC1CCCCO1. The topological polar surface area (TPSA) is 61.8 Å². The first kappa shape index (κ1) is 15.1. The fourth-order valence-electron chi connectivity index (χ4n) is 1.88. The summed E-state index contributed by atoms with van der Waals surface area (Å²) in [6, 6.07) is 0. The maximum Gasteiger partial charge on any atom is 0.302 e. The summed E-state index contributed by atoms with van der Waals surface area (Å²) in [5, 5.41) is 0.